The van der Waals surface area contributed by atoms with Gasteiger partial charge in [0.2, 0.25) is 0 Å². The fraction of sp³-hybridized carbons (Fsp3) is 0.250. The third-order valence-electron chi connectivity index (χ3n) is 4.23. The Morgan fingerprint density at radius 3 is 2.88 bits per heavy atom. The summed E-state index contributed by atoms with van der Waals surface area (Å²) >= 11 is 0. The van der Waals surface area contributed by atoms with Crippen molar-refractivity contribution in [3.63, 3.8) is 0 Å². The Bertz CT molecular complexity index is 928. The summed E-state index contributed by atoms with van der Waals surface area (Å²) in [6, 6.07) is 12.5. The number of nitrogens with one attached hydrogen (secondary N) is 1. The summed E-state index contributed by atoms with van der Waals surface area (Å²) in [4.78, 5) is 13.6. The minimum absolute atomic E-state index is 0.594. The molecule has 0 fully saturated rings. The Labute approximate surface area is 141 Å². The molecule has 0 spiro atoms. The maximum atomic E-state index is 4.57. The molecule has 1 N–H and O–H groups in total. The van der Waals surface area contributed by atoms with Crippen LogP contribution in [0.25, 0.3) is 10.8 Å². The highest BCUT2D eigenvalue weighted by atomic mass is 15.0. The van der Waals surface area contributed by atoms with Gasteiger partial charge in [0.1, 0.15) is 5.69 Å². The molecule has 1 aliphatic heterocycles. The van der Waals surface area contributed by atoms with Crippen LogP contribution in [0.3, 0.4) is 0 Å². The van der Waals surface area contributed by atoms with E-state index in [1.54, 1.807) is 0 Å². The lowest BCUT2D eigenvalue weighted by Crippen LogP contribution is -2.13. The number of anilines is 1. The number of rotatable bonds is 3. The number of nitrogens with zero attached hydrogens (tertiary/aromatic N) is 3. The number of hydrogen-bond acceptors (Lipinski definition) is 4. The molecule has 120 valence electrons. The lowest BCUT2D eigenvalue weighted by Gasteiger charge is -2.11. The van der Waals surface area contributed by atoms with E-state index >= 15 is 0 Å². The molecule has 1 aliphatic rings. The normalized spacial score (nSPS) is 13.2. The van der Waals surface area contributed by atoms with Crippen molar-refractivity contribution in [2.75, 3.05) is 5.32 Å². The highest BCUT2D eigenvalue weighted by Gasteiger charge is 2.16. The molecular formula is C20H20N4. The molecule has 4 rings (SSSR count). The van der Waals surface area contributed by atoms with Crippen LogP contribution in [0.4, 0.5) is 5.69 Å². The van der Waals surface area contributed by atoms with Crippen LogP contribution in [0.1, 0.15) is 30.8 Å². The molecular weight excluding hydrogens is 296 g/mol. The van der Waals surface area contributed by atoms with Crippen molar-refractivity contribution in [1.29, 1.82) is 0 Å². The van der Waals surface area contributed by atoms with Crippen molar-refractivity contribution in [3.8, 4) is 0 Å². The zero-order valence-corrected chi connectivity index (χ0v) is 14.0. The third kappa shape index (κ3) is 2.75. The second-order valence-corrected chi connectivity index (χ2v) is 6.59. The molecule has 0 saturated carbocycles. The highest BCUT2D eigenvalue weighted by molar-refractivity contribution is 6.10. The number of pyridine rings is 2. The first-order valence-corrected chi connectivity index (χ1v) is 8.34. The topological polar surface area (TPSA) is 50.2 Å². The van der Waals surface area contributed by atoms with E-state index < -0.39 is 0 Å². The molecule has 24 heavy (non-hydrogen) atoms. The fourth-order valence-corrected chi connectivity index (χ4v) is 3.12. The highest BCUT2D eigenvalue weighted by Crippen LogP contribution is 2.24. The van der Waals surface area contributed by atoms with E-state index in [9.17, 15) is 0 Å². The van der Waals surface area contributed by atoms with E-state index in [2.05, 4.69) is 64.5 Å². The van der Waals surface area contributed by atoms with Gasteiger partial charge in [-0.3, -0.25) is 15.0 Å². The van der Waals surface area contributed by atoms with Crippen LogP contribution in [-0.4, -0.2) is 15.8 Å². The van der Waals surface area contributed by atoms with Gasteiger partial charge in [0.15, 0.2) is 5.84 Å². The quantitative estimate of drug-likeness (QED) is 0.788. The maximum Gasteiger partial charge on any atom is 0.152 e. The van der Waals surface area contributed by atoms with Crippen molar-refractivity contribution in [1.82, 2.24) is 9.97 Å². The SMILES string of the molecule is CC(C)Cc1nccc2cc(NC3=NCc4cccnc43)ccc12. The largest absolute Gasteiger partial charge is 0.339 e. The molecule has 0 unspecified atom stereocenters. The summed E-state index contributed by atoms with van der Waals surface area (Å²) in [6.07, 6.45) is 4.70. The predicted molar refractivity (Wildman–Crippen MR) is 98.4 cm³/mol. The average molecular weight is 316 g/mol. The van der Waals surface area contributed by atoms with Crippen LogP contribution < -0.4 is 5.32 Å². The number of aliphatic imine (C=N–C) groups is 1. The van der Waals surface area contributed by atoms with Gasteiger partial charge in [-0.2, -0.15) is 0 Å². The first kappa shape index (κ1) is 14.8. The van der Waals surface area contributed by atoms with Crippen LogP contribution in [0, 0.1) is 5.92 Å². The number of fused-ring (bicyclic) bond motifs is 2. The van der Waals surface area contributed by atoms with Gasteiger partial charge in [0.05, 0.1) is 6.54 Å². The molecule has 0 bridgehead atoms. The number of amidine groups is 1. The van der Waals surface area contributed by atoms with Crippen LogP contribution in [0.15, 0.2) is 53.8 Å². The number of aromatic nitrogens is 2. The van der Waals surface area contributed by atoms with Crippen molar-refractivity contribution in [2.24, 2.45) is 10.9 Å². The second kappa shape index (κ2) is 6.04. The van der Waals surface area contributed by atoms with Gasteiger partial charge in [-0.05, 0) is 42.0 Å². The first-order chi connectivity index (χ1) is 11.7. The molecule has 0 radical (unpaired) electrons. The monoisotopic (exact) mass is 316 g/mol. The number of hydrogen-bond donors (Lipinski definition) is 1. The first-order valence-electron chi connectivity index (χ1n) is 8.34. The Morgan fingerprint density at radius 2 is 2.00 bits per heavy atom. The Kier molecular flexibility index (Phi) is 3.73. The standard InChI is InChI=1S/C20H20N4/c1-13(2)10-18-17-6-5-16(11-14(17)7-9-21-18)24-20-19-15(12-23-20)4-3-8-22-19/h3-9,11,13H,10,12H2,1-2H3,(H,23,24). The third-order valence-corrected chi connectivity index (χ3v) is 4.23. The van der Waals surface area contributed by atoms with E-state index in [-0.39, 0.29) is 0 Å². The lowest BCUT2D eigenvalue weighted by molar-refractivity contribution is 0.639. The summed E-state index contributed by atoms with van der Waals surface area (Å²) in [7, 11) is 0. The minimum atomic E-state index is 0.594. The molecule has 0 saturated heterocycles. The number of benzene rings is 1. The molecule has 3 aromatic rings. The van der Waals surface area contributed by atoms with E-state index in [1.807, 2.05) is 18.5 Å². The van der Waals surface area contributed by atoms with E-state index in [0.29, 0.717) is 12.5 Å². The minimum Gasteiger partial charge on any atom is -0.339 e. The average Bonchev–Trinajstić information content (AvgIpc) is 2.98. The Hall–Kier alpha value is -2.75. The smallest absolute Gasteiger partial charge is 0.152 e. The maximum absolute atomic E-state index is 4.57. The zero-order valence-electron chi connectivity index (χ0n) is 14.0. The van der Waals surface area contributed by atoms with Gasteiger partial charge in [-0.1, -0.05) is 26.0 Å². The van der Waals surface area contributed by atoms with Crippen molar-refractivity contribution in [3.05, 3.63) is 65.7 Å². The Morgan fingerprint density at radius 1 is 1.08 bits per heavy atom. The molecule has 4 heteroatoms. The van der Waals surface area contributed by atoms with Crippen molar-refractivity contribution >= 4 is 22.3 Å². The fourth-order valence-electron chi connectivity index (χ4n) is 3.12. The van der Waals surface area contributed by atoms with E-state index in [4.69, 9.17) is 0 Å². The molecule has 2 aromatic heterocycles. The molecule has 1 aromatic carbocycles. The van der Waals surface area contributed by atoms with Gasteiger partial charge in [-0.15, -0.1) is 0 Å². The van der Waals surface area contributed by atoms with Gasteiger partial charge in [0.25, 0.3) is 0 Å². The second-order valence-electron chi connectivity index (χ2n) is 6.59. The Balaban J connectivity index is 1.65. The van der Waals surface area contributed by atoms with E-state index in [0.717, 1.165) is 23.6 Å². The summed E-state index contributed by atoms with van der Waals surface area (Å²) in [6.45, 7) is 5.14. The van der Waals surface area contributed by atoms with Crippen molar-refractivity contribution in [2.45, 2.75) is 26.8 Å². The summed E-state index contributed by atoms with van der Waals surface area (Å²) in [5.74, 6) is 1.44. The lowest BCUT2D eigenvalue weighted by atomic mass is 10.0. The zero-order chi connectivity index (χ0) is 16.5. The molecule has 4 nitrogen and oxygen atoms in total. The van der Waals surface area contributed by atoms with Crippen LogP contribution >= 0.6 is 0 Å². The molecule has 0 amide bonds. The summed E-state index contributed by atoms with van der Waals surface area (Å²) in [5.41, 5.74) is 4.32. The van der Waals surface area contributed by atoms with Gasteiger partial charge in [0, 0.05) is 34.7 Å². The van der Waals surface area contributed by atoms with Gasteiger partial charge >= 0.3 is 0 Å². The van der Waals surface area contributed by atoms with Gasteiger partial charge in [-0.25, -0.2) is 0 Å². The van der Waals surface area contributed by atoms with Crippen LogP contribution in [-0.2, 0) is 13.0 Å². The summed E-state index contributed by atoms with van der Waals surface area (Å²) < 4.78 is 0. The van der Waals surface area contributed by atoms with Gasteiger partial charge < -0.3 is 5.32 Å². The molecule has 0 atom stereocenters. The molecule has 3 heterocycles. The predicted octanol–water partition coefficient (Wildman–Crippen LogP) is 4.20. The van der Waals surface area contributed by atoms with Crippen LogP contribution in [0.2, 0.25) is 0 Å². The van der Waals surface area contributed by atoms with Crippen LogP contribution in [0.5, 0.6) is 0 Å². The van der Waals surface area contributed by atoms with E-state index in [1.165, 1.54) is 22.0 Å². The van der Waals surface area contributed by atoms with Crippen molar-refractivity contribution < 1.29 is 0 Å². The molecule has 0 aliphatic carbocycles. The summed E-state index contributed by atoms with van der Waals surface area (Å²) in [5, 5.41) is 5.84.